The van der Waals surface area contributed by atoms with Crippen LogP contribution in [0.4, 0.5) is 0 Å². The third kappa shape index (κ3) is 19.3. The zero-order valence-electron chi connectivity index (χ0n) is 57.2. The van der Waals surface area contributed by atoms with Crippen LogP contribution in [0.1, 0.15) is 282 Å². The first kappa shape index (κ1) is 68.6. The van der Waals surface area contributed by atoms with E-state index in [0.717, 1.165) is 140 Å². The maximum absolute atomic E-state index is 7.20. The van der Waals surface area contributed by atoms with Gasteiger partial charge in [0.25, 0.3) is 0 Å². The van der Waals surface area contributed by atoms with E-state index in [9.17, 15) is 0 Å². The average Bonchev–Trinajstić information content (AvgIpc) is 1.70. The molecule has 0 aliphatic heterocycles. The highest BCUT2D eigenvalue weighted by molar-refractivity contribution is 5.59. The minimum Gasteiger partial charge on any atom is -0.496 e. The molecule has 7 rings (SSSR count). The van der Waals surface area contributed by atoms with Gasteiger partial charge in [-0.15, -0.1) is 0 Å². The van der Waals surface area contributed by atoms with Gasteiger partial charge in [0, 0.05) is 38.5 Å². The lowest BCUT2D eigenvalue weighted by Crippen LogP contribution is -2.15. The van der Waals surface area contributed by atoms with Crippen molar-refractivity contribution in [3.63, 3.8) is 0 Å². The number of rotatable bonds is 27. The first-order valence-corrected chi connectivity index (χ1v) is 34.1. The van der Waals surface area contributed by atoms with Crippen LogP contribution in [-0.2, 0) is 54.8 Å². The fraction of sp³-hybridized carbons (Fsp3) is 0.556. The molecule has 0 atom stereocenters. The number of benzene rings is 6. The summed E-state index contributed by atoms with van der Waals surface area (Å²) < 4.78 is 41.6. The van der Waals surface area contributed by atoms with E-state index < -0.39 is 0 Å². The smallest absolute Gasteiger partial charge is 0.126 e. The minimum atomic E-state index is -0.129. The van der Waals surface area contributed by atoms with Gasteiger partial charge in [-0.3, -0.25) is 0 Å². The Morgan fingerprint density at radius 1 is 0.264 bits per heavy atom. The van der Waals surface area contributed by atoms with Crippen molar-refractivity contribution in [3.8, 4) is 34.5 Å². The summed E-state index contributed by atoms with van der Waals surface area (Å²) in [6, 6.07) is 34.8. The average molecular weight is 1180 g/mol. The number of hydrogen-bond acceptors (Lipinski definition) is 6. The van der Waals surface area contributed by atoms with Crippen LogP contribution in [0.2, 0.25) is 0 Å². The maximum atomic E-state index is 7.20. The number of ether oxygens (including phenoxy) is 6. The standard InChI is InChI=1S/C81H114O6/c1-16-19-22-25-28-31-43-85-76-58-37-34-38-59(76)47-65-53-71(80(7,8)9)55-67(74(65)83-14)49-61-40-36-42-63(78(61)87-45-33-30-27-24-21-18-3)51-69-57-72(81(10,11)12)56-68(75(69)84-15)50-62-41-35-39-60(77(62)86-44-32-29-26-23-20-17-2)48-66-54-70(79(4,5)6)52-64(46-58)73(66)82-13/h34-42,52-57H,16-33,43-51H2,1-15H3. The summed E-state index contributed by atoms with van der Waals surface area (Å²) in [5, 5.41) is 0. The molecule has 6 heteroatoms. The van der Waals surface area contributed by atoms with Crippen molar-refractivity contribution < 1.29 is 28.4 Å². The van der Waals surface area contributed by atoms with Gasteiger partial charge in [0.2, 0.25) is 0 Å². The molecule has 0 unspecified atom stereocenters. The predicted octanol–water partition coefficient (Wildman–Crippen LogP) is 21.7. The highest BCUT2D eigenvalue weighted by Gasteiger charge is 2.28. The summed E-state index contributed by atoms with van der Waals surface area (Å²) in [5.74, 6) is 5.68. The third-order valence-electron chi connectivity index (χ3n) is 18.0. The van der Waals surface area contributed by atoms with Gasteiger partial charge in [-0.2, -0.15) is 0 Å². The molecule has 6 aromatic rings. The second kappa shape index (κ2) is 33.1. The number of hydrogen-bond donors (Lipinski definition) is 0. The molecular formula is C81H114O6. The second-order valence-electron chi connectivity index (χ2n) is 28.4. The van der Waals surface area contributed by atoms with E-state index in [1.165, 1.54) is 93.7 Å². The Hall–Kier alpha value is -5.88. The van der Waals surface area contributed by atoms with Crippen molar-refractivity contribution in [2.45, 2.75) is 253 Å². The summed E-state index contributed by atoms with van der Waals surface area (Å²) >= 11 is 0. The molecule has 6 aromatic carbocycles. The van der Waals surface area contributed by atoms with Crippen molar-refractivity contribution in [1.29, 1.82) is 0 Å². The second-order valence-corrected chi connectivity index (χ2v) is 28.4. The van der Waals surface area contributed by atoms with Crippen molar-refractivity contribution in [3.05, 3.63) is 174 Å². The summed E-state index contributed by atoms with van der Waals surface area (Å²) in [7, 11) is 5.56. The zero-order chi connectivity index (χ0) is 62.6. The SMILES string of the molecule is CCCCCCCCOc1c2cccc1Cc1cc(C(C)(C)C)cc(c1OC)Cc1cccc(c1OCCCCCCCC)Cc1cc(C(C)(C)C)cc(c1OC)Cc1cccc(c1OCCCCCCCC)Cc1cc(C(C)(C)C)cc(c1OC)C2. The molecule has 1 aliphatic rings. The van der Waals surface area contributed by atoms with Gasteiger partial charge in [-0.1, -0.05) is 270 Å². The van der Waals surface area contributed by atoms with Crippen LogP contribution in [0.25, 0.3) is 0 Å². The van der Waals surface area contributed by atoms with Crippen LogP contribution in [0.3, 0.4) is 0 Å². The predicted molar refractivity (Wildman–Crippen MR) is 368 cm³/mol. The molecule has 0 aromatic heterocycles. The van der Waals surface area contributed by atoms with Crippen molar-refractivity contribution in [2.24, 2.45) is 0 Å². The fourth-order valence-corrected chi connectivity index (χ4v) is 12.8. The summed E-state index contributed by atoms with van der Waals surface area (Å²) in [6.45, 7) is 29.8. The molecule has 0 saturated carbocycles. The van der Waals surface area contributed by atoms with E-state index in [2.05, 4.69) is 174 Å². The molecular weight excluding hydrogens is 1070 g/mol. The Morgan fingerprint density at radius 3 is 0.644 bits per heavy atom. The van der Waals surface area contributed by atoms with Crippen molar-refractivity contribution in [2.75, 3.05) is 41.2 Å². The van der Waals surface area contributed by atoms with Crippen molar-refractivity contribution in [1.82, 2.24) is 0 Å². The molecule has 474 valence electrons. The molecule has 0 fully saturated rings. The Kier molecular flexibility index (Phi) is 26.1. The first-order chi connectivity index (χ1) is 41.8. The Morgan fingerprint density at radius 2 is 0.460 bits per heavy atom. The Balaban J connectivity index is 1.50. The van der Waals surface area contributed by atoms with E-state index in [4.69, 9.17) is 28.4 Å². The molecule has 6 nitrogen and oxygen atoms in total. The normalized spacial score (nSPS) is 13.0. The fourth-order valence-electron chi connectivity index (χ4n) is 12.8. The Labute approximate surface area is 529 Å². The lowest BCUT2D eigenvalue weighted by Gasteiger charge is -2.26. The summed E-state index contributed by atoms with van der Waals surface area (Å²) in [4.78, 5) is 0. The van der Waals surface area contributed by atoms with Gasteiger partial charge in [-0.05, 0) is 119 Å². The van der Waals surface area contributed by atoms with Crippen LogP contribution >= 0.6 is 0 Å². The number of methoxy groups -OCH3 is 3. The molecule has 0 saturated heterocycles. The molecule has 0 radical (unpaired) electrons. The minimum absolute atomic E-state index is 0.129. The van der Waals surface area contributed by atoms with Crippen LogP contribution in [-0.4, -0.2) is 41.2 Å². The topological polar surface area (TPSA) is 55.4 Å². The molecule has 12 bridgehead atoms. The zero-order valence-corrected chi connectivity index (χ0v) is 57.2. The van der Waals surface area contributed by atoms with Gasteiger partial charge in [0.1, 0.15) is 34.5 Å². The number of para-hydroxylation sites is 3. The molecule has 1 aliphatic carbocycles. The van der Waals surface area contributed by atoms with E-state index in [1.54, 1.807) is 0 Å². The largest absolute Gasteiger partial charge is 0.496 e. The monoisotopic (exact) mass is 1180 g/mol. The third-order valence-corrected chi connectivity index (χ3v) is 18.0. The van der Waals surface area contributed by atoms with E-state index in [0.29, 0.717) is 58.3 Å². The quantitative estimate of drug-likeness (QED) is 0.0478. The first-order valence-electron chi connectivity index (χ1n) is 34.1. The van der Waals surface area contributed by atoms with Gasteiger partial charge < -0.3 is 28.4 Å². The van der Waals surface area contributed by atoms with Gasteiger partial charge in [0.15, 0.2) is 0 Å². The van der Waals surface area contributed by atoms with Crippen molar-refractivity contribution >= 4 is 0 Å². The lowest BCUT2D eigenvalue weighted by molar-refractivity contribution is 0.299. The van der Waals surface area contributed by atoms with Gasteiger partial charge in [0.05, 0.1) is 41.2 Å². The van der Waals surface area contributed by atoms with Crippen LogP contribution in [0.5, 0.6) is 34.5 Å². The highest BCUT2D eigenvalue weighted by Crippen LogP contribution is 2.44. The highest BCUT2D eigenvalue weighted by atomic mass is 16.5. The van der Waals surface area contributed by atoms with E-state index in [-0.39, 0.29) is 16.2 Å². The van der Waals surface area contributed by atoms with E-state index >= 15 is 0 Å². The maximum Gasteiger partial charge on any atom is 0.126 e. The summed E-state index contributed by atoms with van der Waals surface area (Å²) in [5.41, 5.74) is 17.4. The molecule has 0 heterocycles. The van der Waals surface area contributed by atoms with Gasteiger partial charge in [-0.25, -0.2) is 0 Å². The van der Waals surface area contributed by atoms with E-state index in [1.807, 2.05) is 21.3 Å². The summed E-state index contributed by atoms with van der Waals surface area (Å²) in [6.07, 6.45) is 25.4. The molecule has 0 amide bonds. The lowest BCUT2D eigenvalue weighted by atomic mass is 9.81. The van der Waals surface area contributed by atoms with Crippen LogP contribution in [0.15, 0.2) is 91.0 Å². The Bertz CT molecular complexity index is 2640. The van der Waals surface area contributed by atoms with Crippen LogP contribution in [0, 0.1) is 0 Å². The number of unbranched alkanes of at least 4 members (excludes halogenated alkanes) is 15. The number of fused-ring (bicyclic) bond motifs is 12. The van der Waals surface area contributed by atoms with Gasteiger partial charge >= 0.3 is 0 Å². The molecule has 0 spiro atoms. The molecule has 0 N–H and O–H groups in total. The molecule has 87 heavy (non-hydrogen) atoms. The van der Waals surface area contributed by atoms with Crippen LogP contribution < -0.4 is 28.4 Å².